The molecular weight excluding hydrogens is 108 g/mol. The molecule has 0 aliphatic carbocycles. The minimum atomic E-state index is -0.833. The van der Waals surface area contributed by atoms with Gasteiger partial charge in [0.05, 0.1) is 5.11 Å². The van der Waals surface area contributed by atoms with Gasteiger partial charge >= 0.3 is 5.66 Å². The second kappa shape index (κ2) is 1.20. The summed E-state index contributed by atoms with van der Waals surface area (Å²) in [5.74, 6) is 0. The van der Waals surface area contributed by atoms with E-state index in [1.807, 2.05) is 0 Å². The van der Waals surface area contributed by atoms with Crippen molar-refractivity contribution in [3.8, 4) is 0 Å². The second-order valence-corrected chi connectivity index (χ2v) is 2.14. The molecule has 0 bridgehead atoms. The van der Waals surface area contributed by atoms with E-state index in [2.05, 4.69) is 5.11 Å². The van der Waals surface area contributed by atoms with Crippen molar-refractivity contribution in [3.05, 3.63) is 5.21 Å². The molecule has 0 saturated carbocycles. The van der Waals surface area contributed by atoms with Crippen LogP contribution in [0.5, 0.6) is 0 Å². The van der Waals surface area contributed by atoms with Crippen LogP contribution < -0.4 is 0 Å². The van der Waals surface area contributed by atoms with Gasteiger partial charge in [-0.25, -0.2) is 0 Å². The van der Waals surface area contributed by atoms with E-state index in [-0.39, 0.29) is 0 Å². The minimum Gasteiger partial charge on any atom is -0.598 e. The van der Waals surface area contributed by atoms with E-state index in [1.54, 1.807) is 13.8 Å². The van der Waals surface area contributed by atoms with Gasteiger partial charge in [0, 0.05) is 6.92 Å². The first-order valence-corrected chi connectivity index (χ1v) is 2.45. The summed E-state index contributed by atoms with van der Waals surface area (Å²) in [6, 6.07) is 0. The molecular formula is C4H8N2O2. The van der Waals surface area contributed by atoms with Crippen molar-refractivity contribution < 1.29 is 9.97 Å². The molecule has 4 heteroatoms. The van der Waals surface area contributed by atoms with Gasteiger partial charge in [-0.15, -0.1) is 0 Å². The van der Waals surface area contributed by atoms with E-state index in [1.165, 1.54) is 0 Å². The lowest BCUT2D eigenvalue weighted by molar-refractivity contribution is -0.456. The topological polar surface area (TPSA) is 58.7 Å². The Kier molecular flexibility index (Phi) is 0.822. The maximum atomic E-state index is 10.2. The SMILES string of the molecule is CC(O)C1(C)N=[N+]1[O-]. The Balaban J connectivity index is 2.51. The predicted molar refractivity (Wildman–Crippen MR) is 26.1 cm³/mol. The summed E-state index contributed by atoms with van der Waals surface area (Å²) in [6.07, 6.45) is -0.667. The third-order valence-corrected chi connectivity index (χ3v) is 1.43. The summed E-state index contributed by atoms with van der Waals surface area (Å²) in [5, 5.41) is 22.4. The molecule has 46 valence electrons. The smallest absolute Gasteiger partial charge is 0.368 e. The first-order valence-electron chi connectivity index (χ1n) is 2.45. The maximum absolute atomic E-state index is 10.2. The highest BCUT2D eigenvalue weighted by Gasteiger charge is 2.55. The molecule has 1 N–H and O–H groups in total. The van der Waals surface area contributed by atoms with Crippen LogP contribution in [0.2, 0.25) is 0 Å². The fourth-order valence-electron chi connectivity index (χ4n) is 0.405. The Labute approximate surface area is 47.0 Å². The third-order valence-electron chi connectivity index (χ3n) is 1.43. The van der Waals surface area contributed by atoms with Gasteiger partial charge in [-0.1, -0.05) is 4.86 Å². The Morgan fingerprint density at radius 2 is 2.25 bits per heavy atom. The molecule has 0 aromatic rings. The standard InChI is InChI=1S/C4H8N2O2/c1-3(7)4(2)5-6(4)8/h3,7H,1-2H3. The summed E-state index contributed by atoms with van der Waals surface area (Å²) in [4.78, 5) is 0.512. The van der Waals surface area contributed by atoms with Gasteiger partial charge in [-0.2, -0.15) is 0 Å². The molecule has 2 unspecified atom stereocenters. The number of rotatable bonds is 1. The summed E-state index contributed by atoms with van der Waals surface area (Å²) in [6.45, 7) is 3.13. The summed E-state index contributed by atoms with van der Waals surface area (Å²) in [7, 11) is 0. The Bertz CT molecular complexity index is 143. The Morgan fingerprint density at radius 3 is 2.25 bits per heavy atom. The highest BCUT2D eigenvalue weighted by Crippen LogP contribution is 2.28. The van der Waals surface area contributed by atoms with E-state index in [0.717, 1.165) is 0 Å². The molecule has 4 nitrogen and oxygen atoms in total. The van der Waals surface area contributed by atoms with Crippen molar-refractivity contribution in [1.29, 1.82) is 0 Å². The number of nitrogens with zero attached hydrogens (tertiary/aromatic N) is 2. The van der Waals surface area contributed by atoms with Crippen LogP contribution in [0.4, 0.5) is 0 Å². The van der Waals surface area contributed by atoms with Crippen molar-refractivity contribution in [1.82, 2.24) is 0 Å². The number of hydrogen-bond donors (Lipinski definition) is 1. The van der Waals surface area contributed by atoms with E-state index < -0.39 is 11.8 Å². The molecule has 0 aromatic carbocycles. The third kappa shape index (κ3) is 0.494. The molecule has 1 aliphatic rings. The minimum absolute atomic E-state index is 0.512. The predicted octanol–water partition coefficient (Wildman–Crippen LogP) is 0.0595. The summed E-state index contributed by atoms with van der Waals surface area (Å²) >= 11 is 0. The molecule has 0 fully saturated rings. The Morgan fingerprint density at radius 1 is 1.88 bits per heavy atom. The van der Waals surface area contributed by atoms with Crippen LogP contribution in [0.25, 0.3) is 0 Å². The first-order chi connectivity index (χ1) is 3.57. The van der Waals surface area contributed by atoms with Crippen LogP contribution in [0.3, 0.4) is 0 Å². The fourth-order valence-corrected chi connectivity index (χ4v) is 0.405. The van der Waals surface area contributed by atoms with Gasteiger partial charge in [-0.3, -0.25) is 0 Å². The quantitative estimate of drug-likeness (QED) is 0.389. The van der Waals surface area contributed by atoms with Crippen LogP contribution in [0.1, 0.15) is 13.8 Å². The first kappa shape index (κ1) is 5.50. The number of aliphatic hydroxyl groups is 1. The molecule has 0 radical (unpaired) electrons. The van der Waals surface area contributed by atoms with Gasteiger partial charge in [0.15, 0.2) is 0 Å². The van der Waals surface area contributed by atoms with Crippen LogP contribution in [0, 0.1) is 5.21 Å². The molecule has 0 amide bonds. The van der Waals surface area contributed by atoms with Crippen molar-refractivity contribution in [2.45, 2.75) is 25.6 Å². The lowest BCUT2D eigenvalue weighted by Crippen LogP contribution is -2.28. The molecule has 0 saturated heterocycles. The highest BCUT2D eigenvalue weighted by molar-refractivity contribution is 4.79. The average molecular weight is 116 g/mol. The van der Waals surface area contributed by atoms with E-state index in [4.69, 9.17) is 5.11 Å². The zero-order chi connectivity index (χ0) is 6.36. The summed E-state index contributed by atoms with van der Waals surface area (Å²) in [5.41, 5.74) is -0.833. The van der Waals surface area contributed by atoms with E-state index in [0.29, 0.717) is 4.86 Å². The molecule has 8 heavy (non-hydrogen) atoms. The lowest BCUT2D eigenvalue weighted by Gasteiger charge is -2.01. The van der Waals surface area contributed by atoms with Gasteiger partial charge in [0.2, 0.25) is 0 Å². The van der Waals surface area contributed by atoms with Gasteiger partial charge in [0.1, 0.15) is 6.10 Å². The van der Waals surface area contributed by atoms with Gasteiger partial charge in [-0.05, 0) is 6.92 Å². The van der Waals surface area contributed by atoms with E-state index >= 15 is 0 Å². The number of aliphatic hydroxyl groups excluding tert-OH is 1. The Hall–Kier alpha value is -0.640. The fraction of sp³-hybridized carbons (Fsp3) is 1.00. The van der Waals surface area contributed by atoms with Crippen LogP contribution in [-0.2, 0) is 0 Å². The van der Waals surface area contributed by atoms with Crippen LogP contribution in [0.15, 0.2) is 5.11 Å². The van der Waals surface area contributed by atoms with Crippen molar-refractivity contribution in [2.24, 2.45) is 5.11 Å². The zero-order valence-corrected chi connectivity index (χ0v) is 4.83. The van der Waals surface area contributed by atoms with Crippen molar-refractivity contribution in [2.75, 3.05) is 0 Å². The normalized spacial score (nSPS) is 38.6. The molecule has 1 aliphatic heterocycles. The monoisotopic (exact) mass is 116 g/mol. The molecule has 1 heterocycles. The second-order valence-electron chi connectivity index (χ2n) is 2.14. The average Bonchev–Trinajstić information content (AvgIpc) is 2.17. The van der Waals surface area contributed by atoms with E-state index in [9.17, 15) is 5.21 Å². The number of hydroxylamine groups is 1. The largest absolute Gasteiger partial charge is 0.598 e. The van der Waals surface area contributed by atoms with Crippen LogP contribution >= 0.6 is 0 Å². The molecule has 0 aromatic heterocycles. The highest BCUT2D eigenvalue weighted by atomic mass is 16.5. The van der Waals surface area contributed by atoms with Gasteiger partial charge in [0.25, 0.3) is 0 Å². The maximum Gasteiger partial charge on any atom is 0.368 e. The lowest BCUT2D eigenvalue weighted by atomic mass is 10.2. The van der Waals surface area contributed by atoms with Gasteiger partial charge < -0.3 is 10.3 Å². The molecule has 2 atom stereocenters. The number of hydrogen-bond acceptors (Lipinski definition) is 3. The zero-order valence-electron chi connectivity index (χ0n) is 4.83. The van der Waals surface area contributed by atoms with Crippen molar-refractivity contribution >= 4 is 0 Å². The molecule has 0 spiro atoms. The molecule has 1 rings (SSSR count). The summed E-state index contributed by atoms with van der Waals surface area (Å²) < 4.78 is 0. The van der Waals surface area contributed by atoms with Crippen LogP contribution in [-0.4, -0.2) is 21.7 Å². The van der Waals surface area contributed by atoms with Crippen molar-refractivity contribution in [3.63, 3.8) is 0 Å².